The van der Waals surface area contributed by atoms with Gasteiger partial charge in [0.05, 0.1) is 29.8 Å². The Bertz CT molecular complexity index is 1010. The number of nitrogens with one attached hydrogen (secondary N) is 2. The first kappa shape index (κ1) is 18.3. The van der Waals surface area contributed by atoms with Crippen molar-refractivity contribution < 1.29 is 14.3 Å². The number of anilines is 1. The number of rotatable bonds is 4. The Morgan fingerprint density at radius 2 is 1.92 bits per heavy atom. The molecular weight excluding hydrogens is 375 g/mol. The molecule has 3 aromatic rings. The van der Waals surface area contributed by atoms with Crippen LogP contribution in [0.5, 0.6) is 0 Å². The number of ether oxygens (including phenoxy) is 1. The summed E-state index contributed by atoms with van der Waals surface area (Å²) in [5.41, 5.74) is 3.34. The molecule has 0 aliphatic rings. The van der Waals surface area contributed by atoms with Gasteiger partial charge in [-0.2, -0.15) is 0 Å². The first-order valence-electron chi connectivity index (χ1n) is 7.83. The van der Waals surface area contributed by atoms with E-state index in [0.29, 0.717) is 21.3 Å². The lowest BCUT2D eigenvalue weighted by Gasteiger charge is -2.09. The smallest absolute Gasteiger partial charge is 0.337 e. The molecule has 2 aromatic carbocycles. The molecule has 0 unspecified atom stereocenters. The topological polar surface area (TPSA) is 71.2 Å². The molecule has 0 aliphatic heterocycles. The van der Waals surface area contributed by atoms with Crippen molar-refractivity contribution in [2.75, 3.05) is 12.4 Å². The van der Waals surface area contributed by atoms with Crippen LogP contribution in [0.25, 0.3) is 10.9 Å². The van der Waals surface area contributed by atoms with Gasteiger partial charge >= 0.3 is 5.97 Å². The maximum absolute atomic E-state index is 12.5. The lowest BCUT2D eigenvalue weighted by Crippen LogP contribution is -2.15. The maximum Gasteiger partial charge on any atom is 0.337 e. The van der Waals surface area contributed by atoms with Gasteiger partial charge in [0, 0.05) is 21.6 Å². The fourth-order valence-corrected chi connectivity index (χ4v) is 3.14. The van der Waals surface area contributed by atoms with E-state index in [-0.39, 0.29) is 12.3 Å². The summed E-state index contributed by atoms with van der Waals surface area (Å²) >= 11 is 12.2. The van der Waals surface area contributed by atoms with Gasteiger partial charge in [0.1, 0.15) is 0 Å². The maximum atomic E-state index is 12.5. The quantitative estimate of drug-likeness (QED) is 0.631. The second-order valence-electron chi connectivity index (χ2n) is 5.83. The Balaban J connectivity index is 1.85. The molecule has 134 valence electrons. The molecule has 0 spiro atoms. The largest absolute Gasteiger partial charge is 0.465 e. The highest BCUT2D eigenvalue weighted by Crippen LogP contribution is 2.27. The Morgan fingerprint density at radius 1 is 1.15 bits per heavy atom. The van der Waals surface area contributed by atoms with Crippen molar-refractivity contribution in [1.29, 1.82) is 0 Å². The van der Waals surface area contributed by atoms with Crippen LogP contribution in [0.15, 0.2) is 36.4 Å². The summed E-state index contributed by atoms with van der Waals surface area (Å²) in [7, 11) is 1.29. The predicted octanol–water partition coefficient (Wildman–Crippen LogP) is 4.75. The van der Waals surface area contributed by atoms with Crippen LogP contribution in [0.3, 0.4) is 0 Å². The van der Waals surface area contributed by atoms with E-state index in [2.05, 4.69) is 15.0 Å². The summed E-state index contributed by atoms with van der Waals surface area (Å²) < 4.78 is 4.69. The molecule has 0 aliphatic carbocycles. The highest BCUT2D eigenvalue weighted by atomic mass is 35.5. The number of benzene rings is 2. The minimum absolute atomic E-state index is 0.144. The van der Waals surface area contributed by atoms with Crippen LogP contribution in [0, 0.1) is 6.92 Å². The second-order valence-corrected chi connectivity index (χ2v) is 6.67. The number of hydrogen-bond acceptors (Lipinski definition) is 3. The standard InChI is InChI=1S/C19H16Cl2N2O3/c1-10-13(14-8-12(20)4-6-16(14)22-10)9-18(24)23-17-7-11(19(25)26-2)3-5-15(17)21/h3-8,22H,9H2,1-2H3,(H,23,24). The Morgan fingerprint density at radius 3 is 2.65 bits per heavy atom. The van der Waals surface area contributed by atoms with Gasteiger partial charge in [-0.25, -0.2) is 4.79 Å². The van der Waals surface area contributed by atoms with Gasteiger partial charge in [0.25, 0.3) is 0 Å². The van der Waals surface area contributed by atoms with Crippen molar-refractivity contribution in [3.05, 3.63) is 63.3 Å². The number of fused-ring (bicyclic) bond motifs is 1. The molecule has 7 heteroatoms. The van der Waals surface area contributed by atoms with Crippen LogP contribution < -0.4 is 5.32 Å². The molecule has 5 nitrogen and oxygen atoms in total. The Labute approximate surface area is 160 Å². The van der Waals surface area contributed by atoms with E-state index in [1.54, 1.807) is 12.1 Å². The molecule has 1 amide bonds. The van der Waals surface area contributed by atoms with E-state index in [9.17, 15) is 9.59 Å². The van der Waals surface area contributed by atoms with Crippen molar-refractivity contribution in [1.82, 2.24) is 4.98 Å². The third-order valence-corrected chi connectivity index (χ3v) is 4.65. The SMILES string of the molecule is COC(=O)c1ccc(Cl)c(NC(=O)Cc2c(C)[nH]c3ccc(Cl)cc23)c1. The molecule has 0 radical (unpaired) electrons. The van der Waals surface area contributed by atoms with Gasteiger partial charge in [0.2, 0.25) is 5.91 Å². The van der Waals surface area contributed by atoms with Crippen molar-refractivity contribution in [2.24, 2.45) is 0 Å². The van der Waals surface area contributed by atoms with Crippen molar-refractivity contribution >= 4 is 51.7 Å². The number of carbonyl (C=O) groups is 2. The lowest BCUT2D eigenvalue weighted by atomic mass is 10.1. The van der Waals surface area contributed by atoms with Gasteiger partial charge < -0.3 is 15.0 Å². The summed E-state index contributed by atoms with van der Waals surface area (Å²) in [6.07, 6.45) is 0.144. The Kier molecular flexibility index (Phi) is 5.20. The molecule has 0 atom stereocenters. The number of aromatic amines is 1. The first-order valence-corrected chi connectivity index (χ1v) is 8.59. The molecule has 1 aromatic heterocycles. The van der Waals surface area contributed by atoms with E-state index in [1.807, 2.05) is 19.1 Å². The number of halogens is 2. The van der Waals surface area contributed by atoms with Crippen molar-refractivity contribution in [2.45, 2.75) is 13.3 Å². The summed E-state index contributed by atoms with van der Waals surface area (Å²) in [5.74, 6) is -0.753. The number of esters is 1. The third-order valence-electron chi connectivity index (χ3n) is 4.08. The van der Waals surface area contributed by atoms with Gasteiger partial charge in [-0.1, -0.05) is 23.2 Å². The number of aryl methyl sites for hydroxylation is 1. The van der Waals surface area contributed by atoms with Gasteiger partial charge in [-0.05, 0) is 48.9 Å². The number of aromatic nitrogens is 1. The van der Waals surface area contributed by atoms with Crippen LogP contribution >= 0.6 is 23.2 Å². The molecule has 26 heavy (non-hydrogen) atoms. The fraction of sp³-hybridized carbons (Fsp3) is 0.158. The van der Waals surface area contributed by atoms with Crippen LogP contribution in [0.1, 0.15) is 21.6 Å². The van der Waals surface area contributed by atoms with Crippen LogP contribution in [-0.2, 0) is 16.0 Å². The number of hydrogen-bond donors (Lipinski definition) is 2. The van der Waals surface area contributed by atoms with E-state index in [0.717, 1.165) is 22.2 Å². The predicted molar refractivity (Wildman–Crippen MR) is 103 cm³/mol. The average molecular weight is 391 g/mol. The average Bonchev–Trinajstić information content (AvgIpc) is 2.91. The van der Waals surface area contributed by atoms with Crippen LogP contribution in [0.4, 0.5) is 5.69 Å². The number of methoxy groups -OCH3 is 1. The third kappa shape index (κ3) is 3.69. The molecule has 0 fully saturated rings. The van der Waals surface area contributed by atoms with E-state index in [4.69, 9.17) is 23.2 Å². The number of H-pyrrole nitrogens is 1. The van der Waals surface area contributed by atoms with E-state index < -0.39 is 5.97 Å². The summed E-state index contributed by atoms with van der Waals surface area (Å²) in [4.78, 5) is 27.4. The van der Waals surface area contributed by atoms with E-state index >= 15 is 0 Å². The van der Waals surface area contributed by atoms with E-state index in [1.165, 1.54) is 19.2 Å². The van der Waals surface area contributed by atoms with Crippen molar-refractivity contribution in [3.8, 4) is 0 Å². The summed E-state index contributed by atoms with van der Waals surface area (Å²) in [6.45, 7) is 1.90. The first-order chi connectivity index (χ1) is 12.4. The lowest BCUT2D eigenvalue weighted by molar-refractivity contribution is -0.115. The fourth-order valence-electron chi connectivity index (χ4n) is 2.80. The van der Waals surface area contributed by atoms with Crippen LogP contribution in [-0.4, -0.2) is 24.0 Å². The highest BCUT2D eigenvalue weighted by Gasteiger charge is 2.15. The minimum Gasteiger partial charge on any atom is -0.465 e. The van der Waals surface area contributed by atoms with Crippen molar-refractivity contribution in [3.63, 3.8) is 0 Å². The van der Waals surface area contributed by atoms with Gasteiger partial charge in [-0.3, -0.25) is 4.79 Å². The zero-order valence-corrected chi connectivity index (χ0v) is 15.7. The molecule has 1 heterocycles. The van der Waals surface area contributed by atoms with Crippen LogP contribution in [0.2, 0.25) is 10.0 Å². The molecule has 0 saturated heterocycles. The molecular formula is C19H16Cl2N2O3. The molecule has 3 rings (SSSR count). The highest BCUT2D eigenvalue weighted by molar-refractivity contribution is 6.34. The molecule has 2 N–H and O–H groups in total. The summed E-state index contributed by atoms with van der Waals surface area (Å²) in [6, 6.07) is 10.1. The zero-order valence-electron chi connectivity index (χ0n) is 14.2. The molecule has 0 bridgehead atoms. The number of amides is 1. The minimum atomic E-state index is -0.501. The normalized spacial score (nSPS) is 10.8. The number of carbonyl (C=O) groups excluding carboxylic acids is 2. The summed E-state index contributed by atoms with van der Waals surface area (Å²) in [5, 5.41) is 4.59. The molecule has 0 saturated carbocycles. The zero-order chi connectivity index (χ0) is 18.8. The van der Waals surface area contributed by atoms with Gasteiger partial charge in [-0.15, -0.1) is 0 Å². The Hall–Kier alpha value is -2.50. The second kappa shape index (κ2) is 7.40. The monoisotopic (exact) mass is 390 g/mol. The van der Waals surface area contributed by atoms with Gasteiger partial charge in [0.15, 0.2) is 0 Å².